The molecule has 0 saturated carbocycles. The number of halogens is 4. The van der Waals surface area contributed by atoms with Crippen molar-refractivity contribution in [3.63, 3.8) is 0 Å². The minimum absolute atomic E-state index is 0.0520. The highest BCUT2D eigenvalue weighted by molar-refractivity contribution is 6.30. The van der Waals surface area contributed by atoms with Crippen LogP contribution in [0.3, 0.4) is 0 Å². The lowest BCUT2D eigenvalue weighted by atomic mass is 9.99. The zero-order valence-corrected chi connectivity index (χ0v) is 15.8. The van der Waals surface area contributed by atoms with E-state index in [1.54, 1.807) is 43.3 Å². The van der Waals surface area contributed by atoms with Crippen molar-refractivity contribution in [2.45, 2.75) is 32.0 Å². The lowest BCUT2D eigenvalue weighted by Crippen LogP contribution is -2.45. The zero-order chi connectivity index (χ0) is 20.7. The molecule has 0 aliphatic carbocycles. The Morgan fingerprint density at radius 2 is 1.79 bits per heavy atom. The Labute approximate surface area is 165 Å². The fourth-order valence-corrected chi connectivity index (χ4v) is 2.84. The molecule has 150 valence electrons. The lowest BCUT2D eigenvalue weighted by Gasteiger charge is -2.19. The summed E-state index contributed by atoms with van der Waals surface area (Å²) in [4.78, 5) is 23.0. The van der Waals surface area contributed by atoms with Gasteiger partial charge in [0.1, 0.15) is 0 Å². The topological polar surface area (TPSA) is 55.4 Å². The fraction of sp³-hybridized carbons (Fsp3) is 0.300. The second-order valence-corrected chi connectivity index (χ2v) is 6.53. The molecular formula is C20H19ClF3NO3. The summed E-state index contributed by atoms with van der Waals surface area (Å²) in [5.74, 6) is -2.76. The Morgan fingerprint density at radius 1 is 1.11 bits per heavy atom. The third-order valence-electron chi connectivity index (χ3n) is 3.91. The number of alkyl halides is 3. The standard InChI is InChI=1S/C20H19ClF3NO3/c1-2-28-18(26)12-17(25-19(27)20(22,23)24)10-13-6-8-14(9-7-13)15-4-3-5-16(21)11-15/h3-9,11,17H,2,10,12H2,1H3,(H,25,27)/t17-/m1/s1. The van der Waals surface area contributed by atoms with Crippen molar-refractivity contribution in [1.29, 1.82) is 0 Å². The zero-order valence-electron chi connectivity index (χ0n) is 15.1. The van der Waals surface area contributed by atoms with Crippen LogP contribution in [0.2, 0.25) is 5.02 Å². The molecule has 0 heterocycles. The van der Waals surface area contributed by atoms with Gasteiger partial charge in [0, 0.05) is 11.1 Å². The minimum atomic E-state index is -5.02. The normalized spacial score (nSPS) is 12.3. The van der Waals surface area contributed by atoms with E-state index in [9.17, 15) is 22.8 Å². The molecule has 0 fully saturated rings. The first-order chi connectivity index (χ1) is 13.2. The molecule has 0 aliphatic rings. The van der Waals surface area contributed by atoms with Crippen LogP contribution in [-0.4, -0.2) is 30.7 Å². The van der Waals surface area contributed by atoms with Crippen LogP contribution in [-0.2, 0) is 20.7 Å². The smallest absolute Gasteiger partial charge is 0.466 e. The number of ether oxygens (including phenoxy) is 1. The van der Waals surface area contributed by atoms with Crippen LogP contribution in [0.15, 0.2) is 48.5 Å². The van der Waals surface area contributed by atoms with Crippen LogP contribution < -0.4 is 5.32 Å². The van der Waals surface area contributed by atoms with Crippen molar-refractivity contribution in [3.8, 4) is 11.1 Å². The summed E-state index contributed by atoms with van der Waals surface area (Å²) in [7, 11) is 0. The van der Waals surface area contributed by atoms with Gasteiger partial charge in [0.15, 0.2) is 0 Å². The number of rotatable bonds is 7. The molecule has 1 N–H and O–H groups in total. The van der Waals surface area contributed by atoms with Gasteiger partial charge >= 0.3 is 18.1 Å². The van der Waals surface area contributed by atoms with Gasteiger partial charge in [0.25, 0.3) is 0 Å². The number of benzene rings is 2. The molecule has 0 aromatic heterocycles. The quantitative estimate of drug-likeness (QED) is 0.677. The van der Waals surface area contributed by atoms with E-state index in [0.717, 1.165) is 11.1 Å². The number of amides is 1. The van der Waals surface area contributed by atoms with E-state index in [-0.39, 0.29) is 19.4 Å². The van der Waals surface area contributed by atoms with Crippen LogP contribution in [0.25, 0.3) is 11.1 Å². The first-order valence-corrected chi connectivity index (χ1v) is 8.95. The molecule has 0 saturated heterocycles. The van der Waals surface area contributed by atoms with E-state index < -0.39 is 24.1 Å². The molecule has 2 aromatic rings. The average Bonchev–Trinajstić information content (AvgIpc) is 2.61. The summed E-state index contributed by atoms with van der Waals surface area (Å²) < 4.78 is 42.5. The van der Waals surface area contributed by atoms with Crippen LogP contribution in [0, 0.1) is 0 Å². The molecule has 0 aliphatic heterocycles. The van der Waals surface area contributed by atoms with Gasteiger partial charge in [-0.15, -0.1) is 0 Å². The molecule has 0 radical (unpaired) electrons. The highest BCUT2D eigenvalue weighted by Gasteiger charge is 2.40. The Bertz CT molecular complexity index is 822. The maximum Gasteiger partial charge on any atom is 0.471 e. The van der Waals surface area contributed by atoms with Gasteiger partial charge in [-0.1, -0.05) is 48.0 Å². The monoisotopic (exact) mass is 413 g/mol. The van der Waals surface area contributed by atoms with Gasteiger partial charge in [0.2, 0.25) is 0 Å². The van der Waals surface area contributed by atoms with Gasteiger partial charge in [-0.25, -0.2) is 0 Å². The van der Waals surface area contributed by atoms with E-state index in [1.165, 1.54) is 0 Å². The number of hydrogen-bond acceptors (Lipinski definition) is 3. The molecule has 1 atom stereocenters. The van der Waals surface area contributed by atoms with Crippen LogP contribution >= 0.6 is 11.6 Å². The molecule has 2 rings (SSSR count). The second-order valence-electron chi connectivity index (χ2n) is 6.09. The molecule has 2 aromatic carbocycles. The van der Waals surface area contributed by atoms with Crippen molar-refractivity contribution in [3.05, 3.63) is 59.1 Å². The minimum Gasteiger partial charge on any atom is -0.466 e. The molecule has 28 heavy (non-hydrogen) atoms. The molecule has 1 amide bonds. The predicted molar refractivity (Wildman–Crippen MR) is 99.8 cm³/mol. The van der Waals surface area contributed by atoms with E-state index in [2.05, 4.69) is 0 Å². The number of esters is 1. The van der Waals surface area contributed by atoms with Crippen LogP contribution in [0.1, 0.15) is 18.9 Å². The third-order valence-corrected chi connectivity index (χ3v) is 4.14. The second kappa shape index (κ2) is 9.59. The molecule has 0 bridgehead atoms. The molecule has 8 heteroatoms. The SMILES string of the molecule is CCOC(=O)C[C@@H](Cc1ccc(-c2cccc(Cl)c2)cc1)NC(=O)C(F)(F)F. The van der Waals surface area contributed by atoms with Crippen LogP contribution in [0.4, 0.5) is 13.2 Å². The van der Waals surface area contributed by atoms with E-state index in [0.29, 0.717) is 10.6 Å². The first-order valence-electron chi connectivity index (χ1n) is 8.57. The van der Waals surface area contributed by atoms with Gasteiger partial charge in [-0.3, -0.25) is 9.59 Å². The predicted octanol–water partition coefficient (Wildman–Crippen LogP) is 4.55. The Balaban J connectivity index is 2.13. The molecular weight excluding hydrogens is 395 g/mol. The molecule has 0 spiro atoms. The van der Waals surface area contributed by atoms with Crippen molar-refractivity contribution in [1.82, 2.24) is 5.32 Å². The summed E-state index contributed by atoms with van der Waals surface area (Å²) >= 11 is 5.98. The van der Waals surface area contributed by atoms with Crippen molar-refractivity contribution < 1.29 is 27.5 Å². The number of hydrogen-bond donors (Lipinski definition) is 1. The summed E-state index contributed by atoms with van der Waals surface area (Å²) in [5.41, 5.74) is 2.45. The summed E-state index contributed by atoms with van der Waals surface area (Å²) in [6.45, 7) is 1.70. The summed E-state index contributed by atoms with van der Waals surface area (Å²) in [6.07, 6.45) is -5.33. The van der Waals surface area contributed by atoms with Gasteiger partial charge in [0.05, 0.1) is 13.0 Å². The average molecular weight is 414 g/mol. The first kappa shape index (κ1) is 21.8. The molecule has 4 nitrogen and oxygen atoms in total. The van der Waals surface area contributed by atoms with Gasteiger partial charge in [-0.2, -0.15) is 13.2 Å². The largest absolute Gasteiger partial charge is 0.471 e. The van der Waals surface area contributed by atoms with E-state index in [1.807, 2.05) is 17.4 Å². The number of carbonyl (C=O) groups is 2. The lowest BCUT2D eigenvalue weighted by molar-refractivity contribution is -0.174. The van der Waals surface area contributed by atoms with E-state index >= 15 is 0 Å². The Hall–Kier alpha value is -2.54. The fourth-order valence-electron chi connectivity index (χ4n) is 2.65. The number of carbonyl (C=O) groups excluding carboxylic acids is 2. The maximum atomic E-state index is 12.6. The van der Waals surface area contributed by atoms with Crippen LogP contribution in [0.5, 0.6) is 0 Å². The van der Waals surface area contributed by atoms with Crippen molar-refractivity contribution in [2.75, 3.05) is 6.61 Å². The van der Waals surface area contributed by atoms with E-state index in [4.69, 9.17) is 16.3 Å². The maximum absolute atomic E-state index is 12.6. The molecule has 0 unspecified atom stereocenters. The number of nitrogens with one attached hydrogen (secondary N) is 1. The van der Waals surface area contributed by atoms with Gasteiger partial charge < -0.3 is 10.1 Å². The third kappa shape index (κ3) is 6.56. The Kier molecular flexibility index (Phi) is 7.45. The highest BCUT2D eigenvalue weighted by atomic mass is 35.5. The Morgan fingerprint density at radius 3 is 2.36 bits per heavy atom. The van der Waals surface area contributed by atoms with Crippen molar-refractivity contribution >= 4 is 23.5 Å². The van der Waals surface area contributed by atoms with Crippen molar-refractivity contribution in [2.24, 2.45) is 0 Å². The summed E-state index contributed by atoms with van der Waals surface area (Å²) in [6, 6.07) is 13.3. The highest BCUT2D eigenvalue weighted by Crippen LogP contribution is 2.23. The summed E-state index contributed by atoms with van der Waals surface area (Å²) in [5, 5.41) is 2.46. The van der Waals surface area contributed by atoms with Gasteiger partial charge in [-0.05, 0) is 42.2 Å².